The van der Waals surface area contributed by atoms with Crippen LogP contribution in [-0.4, -0.2) is 19.1 Å². The second-order valence-electron chi connectivity index (χ2n) is 6.24. The summed E-state index contributed by atoms with van der Waals surface area (Å²) >= 11 is 0. The maximum absolute atomic E-state index is 5.85. The fourth-order valence-electron chi connectivity index (χ4n) is 3.17. The van der Waals surface area contributed by atoms with Crippen molar-refractivity contribution in [2.75, 3.05) is 19.0 Å². The summed E-state index contributed by atoms with van der Waals surface area (Å²) in [5, 5.41) is 0. The van der Waals surface area contributed by atoms with Crippen LogP contribution in [0.3, 0.4) is 0 Å². The van der Waals surface area contributed by atoms with Gasteiger partial charge in [0.2, 0.25) is 0 Å². The molecule has 1 aromatic rings. The topological polar surface area (TPSA) is 54.2 Å². The van der Waals surface area contributed by atoms with Gasteiger partial charge in [0.1, 0.15) is 5.82 Å². The van der Waals surface area contributed by atoms with Crippen molar-refractivity contribution in [3.63, 3.8) is 0 Å². The Morgan fingerprint density at radius 2 is 1.84 bits per heavy atom. The van der Waals surface area contributed by atoms with E-state index in [1.54, 1.807) is 0 Å². The van der Waals surface area contributed by atoms with Crippen LogP contribution in [-0.2, 0) is 0 Å². The Labute approximate surface area is 115 Å². The Kier molecular flexibility index (Phi) is 3.46. The average molecular weight is 260 g/mol. The standard InChI is InChI=1S/C15H24N4/c1-19(2)13-8-7-12(9-17-13)15(18-16)14(10-3-4-10)11-5-6-11/h7-11,14-15,18H,3-6,16H2,1-2H3. The number of nitrogens with one attached hydrogen (secondary N) is 1. The predicted molar refractivity (Wildman–Crippen MR) is 77.6 cm³/mol. The van der Waals surface area contributed by atoms with Crippen molar-refractivity contribution in [2.24, 2.45) is 23.6 Å². The van der Waals surface area contributed by atoms with Crippen LogP contribution in [0.1, 0.15) is 37.3 Å². The molecule has 3 N–H and O–H groups in total. The first-order chi connectivity index (χ1) is 9.20. The van der Waals surface area contributed by atoms with Crippen LogP contribution in [0.2, 0.25) is 0 Å². The van der Waals surface area contributed by atoms with Crippen LogP contribution in [0.4, 0.5) is 5.82 Å². The van der Waals surface area contributed by atoms with E-state index >= 15 is 0 Å². The molecule has 0 bridgehead atoms. The van der Waals surface area contributed by atoms with Crippen molar-refractivity contribution >= 4 is 5.82 Å². The second-order valence-corrected chi connectivity index (χ2v) is 6.24. The predicted octanol–water partition coefficient (Wildman–Crippen LogP) is 2.09. The Balaban J connectivity index is 1.80. The first-order valence-electron chi connectivity index (χ1n) is 7.30. The third kappa shape index (κ3) is 2.74. The van der Waals surface area contributed by atoms with Crippen LogP contribution in [0.5, 0.6) is 0 Å². The van der Waals surface area contributed by atoms with Crippen molar-refractivity contribution < 1.29 is 0 Å². The van der Waals surface area contributed by atoms with E-state index in [1.165, 1.54) is 31.2 Å². The van der Waals surface area contributed by atoms with Gasteiger partial charge in [-0.05, 0) is 55.1 Å². The molecule has 2 aliphatic rings. The first kappa shape index (κ1) is 12.9. The molecule has 104 valence electrons. The molecule has 0 radical (unpaired) electrons. The Morgan fingerprint density at radius 3 is 2.21 bits per heavy atom. The molecule has 0 saturated heterocycles. The number of pyridine rings is 1. The van der Waals surface area contributed by atoms with Gasteiger partial charge in [0.05, 0.1) is 6.04 Å². The first-order valence-corrected chi connectivity index (χ1v) is 7.30. The van der Waals surface area contributed by atoms with Crippen LogP contribution in [0.25, 0.3) is 0 Å². The lowest BCUT2D eigenvalue weighted by molar-refractivity contribution is 0.289. The molecule has 2 aliphatic carbocycles. The van der Waals surface area contributed by atoms with Crippen LogP contribution in [0, 0.1) is 17.8 Å². The van der Waals surface area contributed by atoms with E-state index in [0.717, 1.165) is 17.7 Å². The number of hydrogen-bond acceptors (Lipinski definition) is 4. The van der Waals surface area contributed by atoms with E-state index in [4.69, 9.17) is 5.84 Å². The molecule has 1 unspecified atom stereocenters. The minimum absolute atomic E-state index is 0.267. The highest BCUT2D eigenvalue weighted by Gasteiger charge is 2.45. The van der Waals surface area contributed by atoms with Crippen molar-refractivity contribution in [3.05, 3.63) is 23.9 Å². The van der Waals surface area contributed by atoms with E-state index < -0.39 is 0 Å². The molecule has 0 aliphatic heterocycles. The zero-order chi connectivity index (χ0) is 13.4. The van der Waals surface area contributed by atoms with Crippen molar-refractivity contribution in [3.8, 4) is 0 Å². The molecule has 3 rings (SSSR count). The van der Waals surface area contributed by atoms with E-state index in [0.29, 0.717) is 5.92 Å². The summed E-state index contributed by atoms with van der Waals surface area (Å²) in [4.78, 5) is 6.54. The highest BCUT2D eigenvalue weighted by molar-refractivity contribution is 5.38. The van der Waals surface area contributed by atoms with E-state index in [1.807, 2.05) is 25.2 Å². The fourth-order valence-corrected chi connectivity index (χ4v) is 3.17. The minimum Gasteiger partial charge on any atom is -0.363 e. The smallest absolute Gasteiger partial charge is 0.127 e. The number of nitrogens with two attached hydrogens (primary N) is 1. The normalized spacial score (nSPS) is 20.6. The zero-order valence-electron chi connectivity index (χ0n) is 11.8. The summed E-state index contributed by atoms with van der Waals surface area (Å²) in [6.45, 7) is 0. The van der Waals surface area contributed by atoms with Gasteiger partial charge in [-0.15, -0.1) is 0 Å². The Morgan fingerprint density at radius 1 is 1.21 bits per heavy atom. The highest BCUT2D eigenvalue weighted by Crippen LogP contribution is 2.53. The summed E-state index contributed by atoms with van der Waals surface area (Å²) in [5.41, 5.74) is 4.29. The molecule has 0 amide bonds. The summed E-state index contributed by atoms with van der Waals surface area (Å²) in [7, 11) is 4.02. The Bertz CT molecular complexity index is 408. The van der Waals surface area contributed by atoms with Gasteiger partial charge in [-0.25, -0.2) is 4.98 Å². The number of anilines is 1. The monoisotopic (exact) mass is 260 g/mol. The number of nitrogens with zero attached hydrogens (tertiary/aromatic N) is 2. The van der Waals surface area contributed by atoms with Gasteiger partial charge in [-0.2, -0.15) is 0 Å². The summed E-state index contributed by atoms with van der Waals surface area (Å²) in [6.07, 6.45) is 7.49. The van der Waals surface area contributed by atoms with Crippen LogP contribution < -0.4 is 16.2 Å². The quantitative estimate of drug-likeness (QED) is 0.607. The average Bonchev–Trinajstić information content (AvgIpc) is 3.28. The van der Waals surface area contributed by atoms with Gasteiger partial charge in [0, 0.05) is 20.3 Å². The number of rotatable bonds is 6. The van der Waals surface area contributed by atoms with Gasteiger partial charge in [-0.1, -0.05) is 6.07 Å². The van der Waals surface area contributed by atoms with Gasteiger partial charge in [0.25, 0.3) is 0 Å². The SMILES string of the molecule is CN(C)c1ccc(C(NN)C(C2CC2)C2CC2)cn1. The Hall–Kier alpha value is -1.13. The highest BCUT2D eigenvalue weighted by atomic mass is 15.2. The van der Waals surface area contributed by atoms with Gasteiger partial charge >= 0.3 is 0 Å². The molecule has 4 heteroatoms. The van der Waals surface area contributed by atoms with Crippen LogP contribution >= 0.6 is 0 Å². The van der Waals surface area contributed by atoms with Gasteiger partial charge in [0.15, 0.2) is 0 Å². The van der Waals surface area contributed by atoms with Crippen molar-refractivity contribution in [1.29, 1.82) is 0 Å². The number of hydrazine groups is 1. The molecule has 19 heavy (non-hydrogen) atoms. The van der Waals surface area contributed by atoms with Gasteiger partial charge in [-0.3, -0.25) is 11.3 Å². The maximum Gasteiger partial charge on any atom is 0.127 e. The lowest BCUT2D eigenvalue weighted by Gasteiger charge is -2.27. The van der Waals surface area contributed by atoms with E-state index in [9.17, 15) is 0 Å². The molecule has 1 heterocycles. The summed E-state index contributed by atoms with van der Waals surface area (Å²) < 4.78 is 0. The lowest BCUT2D eigenvalue weighted by atomic mass is 9.86. The number of hydrogen-bond donors (Lipinski definition) is 2. The maximum atomic E-state index is 5.85. The molecule has 1 atom stereocenters. The third-order valence-electron chi connectivity index (χ3n) is 4.49. The molecule has 2 fully saturated rings. The molecule has 1 aromatic heterocycles. The molecule has 0 aromatic carbocycles. The fraction of sp³-hybridized carbons (Fsp3) is 0.667. The molecule has 4 nitrogen and oxygen atoms in total. The van der Waals surface area contributed by atoms with Gasteiger partial charge < -0.3 is 4.90 Å². The molecular formula is C15H24N4. The van der Waals surface area contributed by atoms with Crippen LogP contribution in [0.15, 0.2) is 18.3 Å². The van der Waals surface area contributed by atoms with Crippen molar-refractivity contribution in [1.82, 2.24) is 10.4 Å². The molecular weight excluding hydrogens is 236 g/mol. The molecule has 0 spiro atoms. The second kappa shape index (κ2) is 5.10. The van der Waals surface area contributed by atoms with Crippen molar-refractivity contribution in [2.45, 2.75) is 31.7 Å². The zero-order valence-corrected chi connectivity index (χ0v) is 11.8. The minimum atomic E-state index is 0.267. The third-order valence-corrected chi connectivity index (χ3v) is 4.49. The van der Waals surface area contributed by atoms with E-state index in [-0.39, 0.29) is 6.04 Å². The number of aromatic nitrogens is 1. The molecule has 2 saturated carbocycles. The lowest BCUT2D eigenvalue weighted by Crippen LogP contribution is -2.35. The largest absolute Gasteiger partial charge is 0.363 e. The summed E-state index contributed by atoms with van der Waals surface area (Å²) in [6, 6.07) is 4.52. The summed E-state index contributed by atoms with van der Waals surface area (Å²) in [5.74, 6) is 9.30. The van der Waals surface area contributed by atoms with E-state index in [2.05, 4.69) is 22.5 Å².